The van der Waals surface area contributed by atoms with E-state index in [1.165, 1.54) is 0 Å². The van der Waals surface area contributed by atoms with Crippen molar-refractivity contribution in [2.75, 3.05) is 6.54 Å². The van der Waals surface area contributed by atoms with Crippen molar-refractivity contribution in [2.45, 2.75) is 50.7 Å². The molecule has 0 bridgehead atoms. The molecular weight excluding hydrogens is 277 g/mol. The van der Waals surface area contributed by atoms with Crippen molar-refractivity contribution in [3.8, 4) is 0 Å². The molecule has 8 heteroatoms. The molecule has 0 radical (unpaired) electrons. The Morgan fingerprint density at radius 2 is 1.75 bits per heavy atom. The first-order valence-electron chi connectivity index (χ1n) is 6.62. The molecule has 1 aliphatic carbocycles. The van der Waals surface area contributed by atoms with Crippen molar-refractivity contribution in [3.05, 3.63) is 0 Å². The molecule has 0 aromatic rings. The predicted octanol–water partition coefficient (Wildman–Crippen LogP) is 2.27. The Labute approximate surface area is 114 Å². The summed E-state index contributed by atoms with van der Waals surface area (Å²) in [5.41, 5.74) is 0. The maximum absolute atomic E-state index is 12.5. The van der Waals surface area contributed by atoms with E-state index < -0.39 is 24.1 Å². The number of carboxylic acids is 1. The topological polar surface area (TPSA) is 78.4 Å². The normalized spacial score (nSPS) is 23.1. The van der Waals surface area contributed by atoms with Crippen LogP contribution in [0.5, 0.6) is 0 Å². The van der Waals surface area contributed by atoms with Crippen molar-refractivity contribution in [3.63, 3.8) is 0 Å². The van der Waals surface area contributed by atoms with E-state index in [0.717, 1.165) is 0 Å². The molecular formula is C12H19F3N2O3. The molecule has 1 fully saturated rings. The minimum atomic E-state index is -4.15. The number of carboxylic acid groups (broad SMARTS) is 1. The van der Waals surface area contributed by atoms with Crippen molar-refractivity contribution < 1.29 is 27.9 Å². The third kappa shape index (κ3) is 6.12. The summed E-state index contributed by atoms with van der Waals surface area (Å²) in [5, 5.41) is 13.5. The molecule has 0 aromatic carbocycles. The number of alkyl halides is 3. The van der Waals surface area contributed by atoms with E-state index >= 15 is 0 Å². The number of halogens is 3. The molecule has 0 unspecified atom stereocenters. The van der Waals surface area contributed by atoms with Crippen molar-refractivity contribution in [1.82, 2.24) is 10.6 Å². The van der Waals surface area contributed by atoms with Crippen LogP contribution in [0.2, 0.25) is 0 Å². The lowest BCUT2D eigenvalue weighted by Crippen LogP contribution is -2.45. The molecule has 1 saturated carbocycles. The van der Waals surface area contributed by atoms with Gasteiger partial charge in [0.25, 0.3) is 0 Å². The minimum absolute atomic E-state index is 0.0308. The van der Waals surface area contributed by atoms with Crippen LogP contribution in [-0.2, 0) is 4.79 Å². The van der Waals surface area contributed by atoms with E-state index in [1.807, 2.05) is 0 Å². The molecule has 1 rings (SSSR count). The van der Waals surface area contributed by atoms with E-state index in [-0.39, 0.29) is 31.8 Å². The lowest BCUT2D eigenvalue weighted by Gasteiger charge is -2.30. The second-order valence-corrected chi connectivity index (χ2v) is 4.99. The van der Waals surface area contributed by atoms with Gasteiger partial charge in [0.05, 0.1) is 5.92 Å². The fourth-order valence-electron chi connectivity index (χ4n) is 2.24. The second-order valence-electron chi connectivity index (χ2n) is 4.99. The van der Waals surface area contributed by atoms with Gasteiger partial charge in [-0.25, -0.2) is 4.79 Å². The van der Waals surface area contributed by atoms with Gasteiger partial charge in [0, 0.05) is 19.0 Å². The van der Waals surface area contributed by atoms with E-state index in [2.05, 4.69) is 10.6 Å². The summed E-state index contributed by atoms with van der Waals surface area (Å²) in [5.74, 6) is -2.20. The summed E-state index contributed by atoms with van der Waals surface area (Å²) in [7, 11) is 0. The minimum Gasteiger partial charge on any atom is -0.481 e. The number of carbonyl (C=O) groups excluding carboxylic acids is 1. The zero-order valence-electron chi connectivity index (χ0n) is 11.0. The molecule has 0 saturated heterocycles. The lowest BCUT2D eigenvalue weighted by molar-refractivity contribution is -0.182. The van der Waals surface area contributed by atoms with Gasteiger partial charge in [-0.05, 0) is 32.1 Å². The van der Waals surface area contributed by atoms with Crippen molar-refractivity contribution in [1.29, 1.82) is 0 Å². The smallest absolute Gasteiger partial charge is 0.391 e. The number of hydrogen-bond acceptors (Lipinski definition) is 2. The van der Waals surface area contributed by atoms with Gasteiger partial charge in [-0.2, -0.15) is 13.2 Å². The van der Waals surface area contributed by atoms with Crippen LogP contribution in [0.3, 0.4) is 0 Å². The van der Waals surface area contributed by atoms with Crippen LogP contribution in [0, 0.1) is 5.92 Å². The first-order valence-corrected chi connectivity index (χ1v) is 6.62. The number of amides is 2. The highest BCUT2D eigenvalue weighted by atomic mass is 19.4. The average Bonchev–Trinajstić information content (AvgIpc) is 2.34. The summed E-state index contributed by atoms with van der Waals surface area (Å²) in [4.78, 5) is 21.7. The highest BCUT2D eigenvalue weighted by Gasteiger charge is 2.41. The molecule has 0 heterocycles. The van der Waals surface area contributed by atoms with Gasteiger partial charge in [0.1, 0.15) is 0 Å². The maximum Gasteiger partial charge on any atom is 0.391 e. The molecule has 0 spiro atoms. The number of aliphatic carboxylic acids is 1. The van der Waals surface area contributed by atoms with Gasteiger partial charge in [0.2, 0.25) is 0 Å². The molecule has 0 atom stereocenters. The van der Waals surface area contributed by atoms with Crippen LogP contribution in [0.15, 0.2) is 0 Å². The summed E-state index contributed by atoms with van der Waals surface area (Å²) in [6.07, 6.45) is -3.16. The number of hydrogen-bond donors (Lipinski definition) is 3. The number of nitrogens with one attached hydrogen (secondary N) is 2. The fourth-order valence-corrected chi connectivity index (χ4v) is 2.24. The third-order valence-corrected chi connectivity index (χ3v) is 3.38. The first kappa shape index (κ1) is 16.6. The Morgan fingerprint density at radius 3 is 2.25 bits per heavy atom. The van der Waals surface area contributed by atoms with Gasteiger partial charge >= 0.3 is 18.2 Å². The Kier molecular flexibility index (Phi) is 6.09. The van der Waals surface area contributed by atoms with Crippen LogP contribution >= 0.6 is 0 Å². The van der Waals surface area contributed by atoms with E-state index in [0.29, 0.717) is 19.3 Å². The molecule has 2 amide bonds. The maximum atomic E-state index is 12.5. The van der Waals surface area contributed by atoms with Gasteiger partial charge in [-0.15, -0.1) is 0 Å². The third-order valence-electron chi connectivity index (χ3n) is 3.38. The van der Waals surface area contributed by atoms with E-state index in [1.54, 1.807) is 0 Å². The largest absolute Gasteiger partial charge is 0.481 e. The van der Waals surface area contributed by atoms with Gasteiger partial charge in [-0.1, -0.05) is 0 Å². The SMILES string of the molecule is O=C(O)CCCNC(=O)NC1CCC(C(F)(F)F)CC1. The van der Waals surface area contributed by atoms with Crippen LogP contribution < -0.4 is 10.6 Å². The Bertz CT molecular complexity index is 339. The lowest BCUT2D eigenvalue weighted by atomic mass is 9.86. The number of carbonyl (C=O) groups is 2. The Morgan fingerprint density at radius 1 is 1.15 bits per heavy atom. The Hall–Kier alpha value is -1.47. The summed E-state index contributed by atoms with van der Waals surface area (Å²) in [6, 6.07) is -0.695. The average molecular weight is 296 g/mol. The highest BCUT2D eigenvalue weighted by molar-refractivity contribution is 5.74. The van der Waals surface area contributed by atoms with Gasteiger partial charge < -0.3 is 15.7 Å². The van der Waals surface area contributed by atoms with Crippen LogP contribution in [0.25, 0.3) is 0 Å². The monoisotopic (exact) mass is 296 g/mol. The molecule has 20 heavy (non-hydrogen) atoms. The summed E-state index contributed by atoms with van der Waals surface area (Å²) >= 11 is 0. The predicted molar refractivity (Wildman–Crippen MR) is 65.2 cm³/mol. The summed E-state index contributed by atoms with van der Waals surface area (Å²) < 4.78 is 37.4. The molecule has 1 aliphatic rings. The fraction of sp³-hybridized carbons (Fsp3) is 0.833. The van der Waals surface area contributed by atoms with E-state index in [9.17, 15) is 22.8 Å². The molecule has 5 nitrogen and oxygen atoms in total. The number of rotatable bonds is 5. The quantitative estimate of drug-likeness (QED) is 0.681. The standard InChI is InChI=1S/C12H19F3N2O3/c13-12(14,15)8-3-5-9(6-4-8)17-11(20)16-7-1-2-10(18)19/h8-9H,1-7H2,(H,18,19)(H2,16,17,20). The zero-order valence-corrected chi connectivity index (χ0v) is 11.0. The molecule has 3 N–H and O–H groups in total. The summed E-state index contributed by atoms with van der Waals surface area (Å²) in [6.45, 7) is 0.232. The highest BCUT2D eigenvalue weighted by Crippen LogP contribution is 2.37. The van der Waals surface area contributed by atoms with Gasteiger partial charge in [0.15, 0.2) is 0 Å². The first-order chi connectivity index (χ1) is 9.29. The second kappa shape index (κ2) is 7.35. The van der Waals surface area contributed by atoms with Gasteiger partial charge in [-0.3, -0.25) is 4.79 Å². The van der Waals surface area contributed by atoms with Crippen LogP contribution in [-0.4, -0.2) is 35.9 Å². The molecule has 0 aliphatic heterocycles. The van der Waals surface area contributed by atoms with Crippen LogP contribution in [0.4, 0.5) is 18.0 Å². The van der Waals surface area contributed by atoms with Crippen molar-refractivity contribution >= 4 is 12.0 Å². The molecule has 0 aromatic heterocycles. The van der Waals surface area contributed by atoms with E-state index in [4.69, 9.17) is 5.11 Å². The Balaban J connectivity index is 2.17. The van der Waals surface area contributed by atoms with Crippen molar-refractivity contribution in [2.24, 2.45) is 5.92 Å². The molecule has 116 valence electrons. The van der Waals surface area contributed by atoms with Crippen LogP contribution in [0.1, 0.15) is 38.5 Å². The number of urea groups is 1. The zero-order chi connectivity index (χ0) is 15.2.